The van der Waals surface area contributed by atoms with Crippen LogP contribution in [-0.2, 0) is 11.3 Å². The van der Waals surface area contributed by atoms with Crippen molar-refractivity contribution in [2.24, 2.45) is 5.92 Å². The Morgan fingerprint density at radius 2 is 1.90 bits per heavy atom. The summed E-state index contributed by atoms with van der Waals surface area (Å²) in [5.74, 6) is 1.20. The fraction of sp³-hybridized carbons (Fsp3) is 0.417. The van der Waals surface area contributed by atoms with Gasteiger partial charge in [0.1, 0.15) is 11.8 Å². The molecule has 1 aliphatic carbocycles. The lowest BCUT2D eigenvalue weighted by Crippen LogP contribution is -2.44. The Hall–Kier alpha value is -2.34. The van der Waals surface area contributed by atoms with E-state index in [0.29, 0.717) is 23.8 Å². The van der Waals surface area contributed by atoms with Crippen molar-refractivity contribution in [1.82, 2.24) is 10.2 Å². The predicted octanol–water partition coefficient (Wildman–Crippen LogP) is 4.85. The maximum absolute atomic E-state index is 13.4. The second kappa shape index (κ2) is 8.80. The van der Waals surface area contributed by atoms with Gasteiger partial charge in [-0.25, -0.2) is 0 Å². The van der Waals surface area contributed by atoms with E-state index in [-0.39, 0.29) is 17.9 Å². The third-order valence-corrected chi connectivity index (χ3v) is 6.75. The molecule has 0 aromatic heterocycles. The summed E-state index contributed by atoms with van der Waals surface area (Å²) in [5.41, 5.74) is 2.24. The normalized spacial score (nSPS) is 23.2. The Morgan fingerprint density at radius 1 is 1.17 bits per heavy atom. The van der Waals surface area contributed by atoms with Crippen molar-refractivity contribution in [3.8, 4) is 5.75 Å². The van der Waals surface area contributed by atoms with Gasteiger partial charge < -0.3 is 15.0 Å². The fourth-order valence-electron chi connectivity index (χ4n) is 4.55. The van der Waals surface area contributed by atoms with Crippen LogP contribution >= 0.6 is 15.9 Å². The first-order valence-electron chi connectivity index (χ1n) is 10.5. The molecule has 2 aliphatic rings. The maximum atomic E-state index is 13.4. The number of halogens is 1. The number of amides is 2. The Balaban J connectivity index is 1.62. The van der Waals surface area contributed by atoms with Gasteiger partial charge in [0.25, 0.3) is 5.91 Å². The van der Waals surface area contributed by atoms with Crippen LogP contribution in [0.5, 0.6) is 5.75 Å². The van der Waals surface area contributed by atoms with E-state index < -0.39 is 6.04 Å². The van der Waals surface area contributed by atoms with Crippen LogP contribution in [0.2, 0.25) is 0 Å². The van der Waals surface area contributed by atoms with E-state index in [0.717, 1.165) is 41.3 Å². The lowest BCUT2D eigenvalue weighted by Gasteiger charge is -2.30. The van der Waals surface area contributed by atoms with Crippen molar-refractivity contribution in [3.63, 3.8) is 0 Å². The van der Waals surface area contributed by atoms with Crippen molar-refractivity contribution < 1.29 is 14.3 Å². The summed E-state index contributed by atoms with van der Waals surface area (Å²) in [6.07, 6.45) is 4.25. The van der Waals surface area contributed by atoms with Crippen LogP contribution in [0.15, 0.2) is 46.9 Å². The van der Waals surface area contributed by atoms with Crippen molar-refractivity contribution in [2.75, 3.05) is 7.11 Å². The Morgan fingerprint density at radius 3 is 2.63 bits per heavy atom. The summed E-state index contributed by atoms with van der Waals surface area (Å²) in [4.78, 5) is 28.3. The molecule has 6 heteroatoms. The number of nitrogens with one attached hydrogen (secondary N) is 1. The van der Waals surface area contributed by atoms with Crippen LogP contribution < -0.4 is 10.1 Å². The van der Waals surface area contributed by atoms with E-state index >= 15 is 0 Å². The van der Waals surface area contributed by atoms with Crippen molar-refractivity contribution in [3.05, 3.63) is 63.6 Å². The van der Waals surface area contributed by atoms with Crippen LogP contribution in [0.1, 0.15) is 60.1 Å². The van der Waals surface area contributed by atoms with Crippen LogP contribution in [0.4, 0.5) is 0 Å². The van der Waals surface area contributed by atoms with Gasteiger partial charge in [0.15, 0.2) is 0 Å². The van der Waals surface area contributed by atoms with Crippen LogP contribution in [-0.4, -0.2) is 29.9 Å². The largest absolute Gasteiger partial charge is 0.496 e. The zero-order chi connectivity index (χ0) is 21.3. The highest BCUT2D eigenvalue weighted by Crippen LogP contribution is 2.37. The topological polar surface area (TPSA) is 58.6 Å². The number of nitrogens with zero attached hydrogens (tertiary/aromatic N) is 1. The number of methoxy groups -OCH3 is 1. The SMILES string of the molecule is COc1ccc(Br)cc1CN1C(=O)c2ccccc2[C@H]1C(=O)NC1CCC(C)CC1. The first-order chi connectivity index (χ1) is 14.5. The number of fused-ring (bicyclic) bond motifs is 1. The molecule has 1 fully saturated rings. The minimum Gasteiger partial charge on any atom is -0.496 e. The molecule has 1 aliphatic heterocycles. The number of hydrogen-bond donors (Lipinski definition) is 1. The number of carbonyl (C=O) groups is 2. The fourth-order valence-corrected chi connectivity index (χ4v) is 4.96. The highest BCUT2D eigenvalue weighted by Gasteiger charge is 2.41. The van der Waals surface area contributed by atoms with Gasteiger partial charge >= 0.3 is 0 Å². The van der Waals surface area contributed by atoms with Crippen molar-refractivity contribution in [2.45, 2.75) is 51.2 Å². The van der Waals surface area contributed by atoms with Gasteiger partial charge in [-0.1, -0.05) is 41.1 Å². The zero-order valence-corrected chi connectivity index (χ0v) is 18.9. The van der Waals surface area contributed by atoms with Gasteiger partial charge in [0, 0.05) is 21.6 Å². The number of ether oxygens (including phenoxy) is 1. The minimum atomic E-state index is -0.628. The molecule has 158 valence electrons. The molecule has 2 aromatic carbocycles. The molecule has 0 bridgehead atoms. The number of rotatable bonds is 5. The molecule has 30 heavy (non-hydrogen) atoms. The van der Waals surface area contributed by atoms with Crippen molar-refractivity contribution >= 4 is 27.7 Å². The lowest BCUT2D eigenvalue weighted by atomic mass is 9.87. The minimum absolute atomic E-state index is 0.0955. The summed E-state index contributed by atoms with van der Waals surface area (Å²) in [7, 11) is 1.61. The van der Waals surface area contributed by atoms with E-state index in [4.69, 9.17) is 4.74 Å². The van der Waals surface area contributed by atoms with Gasteiger partial charge in [0.2, 0.25) is 5.91 Å². The highest BCUT2D eigenvalue weighted by atomic mass is 79.9. The lowest BCUT2D eigenvalue weighted by molar-refractivity contribution is -0.126. The van der Waals surface area contributed by atoms with E-state index in [1.807, 2.05) is 36.4 Å². The predicted molar refractivity (Wildman–Crippen MR) is 119 cm³/mol. The standard InChI is InChI=1S/C24H27BrN2O3/c1-15-7-10-18(11-8-15)26-23(28)22-19-5-3-4-6-20(19)24(29)27(22)14-16-13-17(25)9-12-21(16)30-2/h3-6,9,12-13,15,18,22H,7-8,10-11,14H2,1-2H3,(H,26,28)/t15?,18?,22-/m0/s1. The Kier molecular flexibility index (Phi) is 6.14. The number of carbonyl (C=O) groups excluding carboxylic acids is 2. The highest BCUT2D eigenvalue weighted by molar-refractivity contribution is 9.10. The summed E-state index contributed by atoms with van der Waals surface area (Å²) in [5, 5.41) is 3.23. The van der Waals surface area contributed by atoms with Gasteiger partial charge in [-0.2, -0.15) is 0 Å². The van der Waals surface area contributed by atoms with Gasteiger partial charge in [-0.15, -0.1) is 0 Å². The van der Waals surface area contributed by atoms with Crippen molar-refractivity contribution in [1.29, 1.82) is 0 Å². The zero-order valence-electron chi connectivity index (χ0n) is 17.4. The third kappa shape index (κ3) is 4.10. The van der Waals surface area contributed by atoms with E-state index in [1.54, 1.807) is 18.1 Å². The van der Waals surface area contributed by atoms with Gasteiger partial charge in [-0.3, -0.25) is 9.59 Å². The Bertz CT molecular complexity index is 953. The molecule has 5 nitrogen and oxygen atoms in total. The maximum Gasteiger partial charge on any atom is 0.255 e. The van der Waals surface area contributed by atoms with E-state index in [2.05, 4.69) is 28.2 Å². The van der Waals surface area contributed by atoms with Gasteiger partial charge in [0.05, 0.1) is 13.7 Å². The number of benzene rings is 2. The second-order valence-corrected chi connectivity index (χ2v) is 9.26. The molecule has 2 aromatic rings. The average molecular weight is 471 g/mol. The molecule has 1 saturated carbocycles. The van der Waals surface area contributed by atoms with E-state index in [1.165, 1.54) is 0 Å². The molecule has 0 saturated heterocycles. The first kappa shape index (κ1) is 20.9. The molecule has 1 N–H and O–H groups in total. The second-order valence-electron chi connectivity index (χ2n) is 8.34. The third-order valence-electron chi connectivity index (χ3n) is 6.25. The molecule has 1 atom stereocenters. The Labute approximate surface area is 185 Å². The molecular weight excluding hydrogens is 444 g/mol. The molecule has 4 rings (SSSR count). The molecule has 1 heterocycles. The quantitative estimate of drug-likeness (QED) is 0.679. The average Bonchev–Trinajstić information content (AvgIpc) is 3.02. The summed E-state index contributed by atoms with van der Waals surface area (Å²) in [6.45, 7) is 2.56. The summed E-state index contributed by atoms with van der Waals surface area (Å²) >= 11 is 3.49. The van der Waals surface area contributed by atoms with Crippen LogP contribution in [0.25, 0.3) is 0 Å². The van der Waals surface area contributed by atoms with Gasteiger partial charge in [-0.05, 0) is 61.4 Å². The molecule has 0 radical (unpaired) electrons. The molecule has 0 spiro atoms. The van der Waals surface area contributed by atoms with Crippen LogP contribution in [0.3, 0.4) is 0 Å². The smallest absolute Gasteiger partial charge is 0.255 e. The van der Waals surface area contributed by atoms with E-state index in [9.17, 15) is 9.59 Å². The molecule has 2 amide bonds. The summed E-state index contributed by atoms with van der Waals surface area (Å²) in [6, 6.07) is 12.7. The summed E-state index contributed by atoms with van der Waals surface area (Å²) < 4.78 is 6.39. The molecular formula is C24H27BrN2O3. The van der Waals surface area contributed by atoms with Crippen LogP contribution in [0, 0.1) is 5.92 Å². The molecule has 0 unspecified atom stereocenters. The monoisotopic (exact) mass is 470 g/mol. The first-order valence-corrected chi connectivity index (χ1v) is 11.3. The number of hydrogen-bond acceptors (Lipinski definition) is 3.